The molecule has 0 aromatic heterocycles. The van der Waals surface area contributed by atoms with E-state index in [-0.39, 0.29) is 0 Å². The van der Waals surface area contributed by atoms with Crippen LogP contribution in [0.25, 0.3) is 0 Å². The highest BCUT2D eigenvalue weighted by atomic mass is 19.4. The molecule has 0 spiro atoms. The van der Waals surface area contributed by atoms with Gasteiger partial charge >= 0.3 is 12.4 Å². The van der Waals surface area contributed by atoms with Crippen LogP contribution in [0.1, 0.15) is 0 Å². The van der Waals surface area contributed by atoms with E-state index in [1.54, 1.807) is 0 Å². The van der Waals surface area contributed by atoms with Crippen LogP contribution in [0.15, 0.2) is 0 Å². The zero-order valence-electron chi connectivity index (χ0n) is 3.92. The molecule has 0 radical (unpaired) electrons. The van der Waals surface area contributed by atoms with Crippen LogP contribution in [0.4, 0.5) is 13.2 Å². The third kappa shape index (κ3) is 2.27. The van der Waals surface area contributed by atoms with Gasteiger partial charge in [-0.3, -0.25) is 10.1 Å². The van der Waals surface area contributed by atoms with Crippen molar-refractivity contribution in [3.63, 3.8) is 0 Å². The molecule has 4 nitrogen and oxygen atoms in total. The van der Waals surface area contributed by atoms with Gasteiger partial charge in [0.25, 0.3) is 0 Å². The molecule has 0 amide bonds. The molecule has 0 bridgehead atoms. The number of hydrogen-bond donors (Lipinski definition) is 1. The number of rotatable bonds is 1. The number of nitro groups is 1. The summed E-state index contributed by atoms with van der Waals surface area (Å²) in [6.45, 7) is 0. The summed E-state index contributed by atoms with van der Waals surface area (Å²) in [4.78, 5) is 7.36. The Labute approximate surface area is 47.0 Å². The molecule has 0 rings (SSSR count). The van der Waals surface area contributed by atoms with Gasteiger partial charge in [0.1, 0.15) is 0 Å². The van der Waals surface area contributed by atoms with Gasteiger partial charge < -0.3 is 5.11 Å². The first-order valence-electron chi connectivity index (χ1n) is 1.74. The van der Waals surface area contributed by atoms with Crippen molar-refractivity contribution in [3.8, 4) is 0 Å². The monoisotopic (exact) mass is 145 g/mol. The van der Waals surface area contributed by atoms with Crippen molar-refractivity contribution >= 4 is 0 Å². The van der Waals surface area contributed by atoms with Gasteiger partial charge in [0.05, 0.1) is 4.92 Å². The topological polar surface area (TPSA) is 63.4 Å². The average molecular weight is 145 g/mol. The Balaban J connectivity index is 4.04. The summed E-state index contributed by atoms with van der Waals surface area (Å²) >= 11 is 0. The Morgan fingerprint density at radius 2 is 1.89 bits per heavy atom. The first kappa shape index (κ1) is 8.15. The Morgan fingerprint density at radius 3 is 1.89 bits per heavy atom. The van der Waals surface area contributed by atoms with Gasteiger partial charge in [-0.2, -0.15) is 13.2 Å². The standard InChI is InChI=1S/C2H2F3NO3/c3-2(4,5)1(7)6(8)9/h1,7H. The molecule has 0 aliphatic heterocycles. The number of aliphatic hydroxyl groups is 1. The van der Waals surface area contributed by atoms with Crippen LogP contribution in [0, 0.1) is 10.1 Å². The minimum absolute atomic E-state index is 1.82. The van der Waals surface area contributed by atoms with Gasteiger partial charge in [0, 0.05) is 0 Å². The fraction of sp³-hybridized carbons (Fsp3) is 1.00. The summed E-state index contributed by atoms with van der Waals surface area (Å²) < 4.78 is 33.0. The van der Waals surface area contributed by atoms with Gasteiger partial charge in [-0.05, 0) is 0 Å². The number of alkyl halides is 3. The molecule has 7 heteroatoms. The van der Waals surface area contributed by atoms with E-state index in [2.05, 4.69) is 0 Å². The third-order valence-corrected chi connectivity index (χ3v) is 0.492. The van der Waals surface area contributed by atoms with Gasteiger partial charge in [0.15, 0.2) is 0 Å². The van der Waals surface area contributed by atoms with Crippen LogP contribution in [0.5, 0.6) is 0 Å². The van der Waals surface area contributed by atoms with E-state index in [1.165, 1.54) is 0 Å². The summed E-state index contributed by atoms with van der Waals surface area (Å²) in [6.07, 6.45) is -8.62. The van der Waals surface area contributed by atoms with Crippen LogP contribution in [-0.2, 0) is 0 Å². The lowest BCUT2D eigenvalue weighted by Gasteiger charge is -2.04. The summed E-state index contributed by atoms with van der Waals surface area (Å²) in [5.41, 5.74) is 0. The van der Waals surface area contributed by atoms with Crippen LogP contribution in [-0.4, -0.2) is 22.4 Å². The average Bonchev–Trinajstić information content (AvgIpc) is 1.62. The number of hydrogen-bond acceptors (Lipinski definition) is 3. The maximum atomic E-state index is 11.0. The van der Waals surface area contributed by atoms with E-state index in [9.17, 15) is 23.3 Å². The van der Waals surface area contributed by atoms with Gasteiger partial charge in [-0.1, -0.05) is 0 Å². The normalized spacial score (nSPS) is 15.1. The van der Waals surface area contributed by atoms with Crippen molar-refractivity contribution in [3.05, 3.63) is 10.1 Å². The summed E-state index contributed by atoms with van der Waals surface area (Å²) in [7, 11) is 0. The molecule has 9 heavy (non-hydrogen) atoms. The fourth-order valence-corrected chi connectivity index (χ4v) is 0.120. The van der Waals surface area contributed by atoms with Crippen molar-refractivity contribution in [2.45, 2.75) is 12.4 Å². The molecule has 0 saturated carbocycles. The lowest BCUT2D eigenvalue weighted by Crippen LogP contribution is -2.35. The Kier molecular flexibility index (Phi) is 1.97. The van der Waals surface area contributed by atoms with Gasteiger partial charge in [-0.15, -0.1) is 0 Å². The first-order valence-corrected chi connectivity index (χ1v) is 1.74. The van der Waals surface area contributed by atoms with E-state index in [0.29, 0.717) is 0 Å². The largest absolute Gasteiger partial charge is 0.486 e. The lowest BCUT2D eigenvalue weighted by atomic mass is 10.6. The van der Waals surface area contributed by atoms with Gasteiger partial charge in [-0.25, -0.2) is 0 Å². The Bertz CT molecular complexity index is 121. The molecular formula is C2H2F3NO3. The molecule has 1 atom stereocenters. The Morgan fingerprint density at radius 1 is 1.56 bits per heavy atom. The zero-order chi connectivity index (χ0) is 7.65. The molecule has 0 aliphatic carbocycles. The number of nitrogens with zero attached hydrogens (tertiary/aromatic N) is 1. The van der Waals surface area contributed by atoms with E-state index in [1.807, 2.05) is 0 Å². The predicted molar refractivity (Wildman–Crippen MR) is 19.1 cm³/mol. The number of aliphatic hydroxyl groups excluding tert-OH is 1. The van der Waals surface area contributed by atoms with Crippen molar-refractivity contribution in [2.75, 3.05) is 0 Å². The third-order valence-electron chi connectivity index (χ3n) is 0.492. The van der Waals surface area contributed by atoms with Crippen LogP contribution < -0.4 is 0 Å². The molecule has 0 aromatic rings. The highest BCUT2D eigenvalue weighted by molar-refractivity contribution is 4.50. The molecule has 54 valence electrons. The molecular weight excluding hydrogens is 143 g/mol. The smallest absolute Gasteiger partial charge is 0.326 e. The minimum atomic E-state index is -5.16. The van der Waals surface area contributed by atoms with Crippen molar-refractivity contribution in [2.24, 2.45) is 0 Å². The first-order chi connectivity index (χ1) is 3.85. The molecule has 0 aromatic carbocycles. The molecule has 1 unspecified atom stereocenters. The molecule has 0 saturated heterocycles. The zero-order valence-corrected chi connectivity index (χ0v) is 3.92. The van der Waals surface area contributed by atoms with E-state index >= 15 is 0 Å². The SMILES string of the molecule is O=[N+]([O-])C(O)C(F)(F)F. The van der Waals surface area contributed by atoms with E-state index < -0.39 is 17.3 Å². The molecule has 0 aliphatic rings. The second-order valence-electron chi connectivity index (χ2n) is 1.20. The van der Waals surface area contributed by atoms with Gasteiger partial charge in [0.2, 0.25) is 0 Å². The minimum Gasteiger partial charge on any atom is -0.326 e. The molecule has 0 heterocycles. The highest BCUT2D eigenvalue weighted by Gasteiger charge is 2.48. The second kappa shape index (κ2) is 2.18. The molecule has 0 fully saturated rings. The van der Waals surface area contributed by atoms with Crippen molar-refractivity contribution in [1.29, 1.82) is 0 Å². The quantitative estimate of drug-likeness (QED) is 0.324. The van der Waals surface area contributed by atoms with E-state index in [0.717, 1.165) is 0 Å². The number of halogens is 3. The van der Waals surface area contributed by atoms with Crippen molar-refractivity contribution < 1.29 is 23.2 Å². The predicted octanol–water partition coefficient (Wildman–Crippen LogP) is 0.144. The summed E-state index contributed by atoms with van der Waals surface area (Å²) in [5, 5.41) is 16.8. The summed E-state index contributed by atoms with van der Waals surface area (Å²) in [6, 6.07) is 0. The van der Waals surface area contributed by atoms with Crippen LogP contribution in [0.2, 0.25) is 0 Å². The van der Waals surface area contributed by atoms with Crippen molar-refractivity contribution in [1.82, 2.24) is 0 Å². The fourth-order valence-electron chi connectivity index (χ4n) is 0.120. The van der Waals surface area contributed by atoms with Crippen LogP contribution in [0.3, 0.4) is 0 Å². The lowest BCUT2D eigenvalue weighted by molar-refractivity contribution is -0.611. The Hall–Kier alpha value is -0.850. The second-order valence-corrected chi connectivity index (χ2v) is 1.20. The molecule has 1 N–H and O–H groups in total. The summed E-state index contributed by atoms with van der Waals surface area (Å²) in [5.74, 6) is 0. The van der Waals surface area contributed by atoms with Crippen LogP contribution >= 0.6 is 0 Å². The highest BCUT2D eigenvalue weighted by Crippen LogP contribution is 2.19. The maximum Gasteiger partial charge on any atom is 0.486 e. The maximum absolute atomic E-state index is 11.0. The van der Waals surface area contributed by atoms with E-state index in [4.69, 9.17) is 5.11 Å².